The molecule has 1 saturated heterocycles. The number of benzene rings is 1. The van der Waals surface area contributed by atoms with E-state index in [1.165, 1.54) is 5.69 Å². The minimum Gasteiger partial charge on any atom is -0.454 e. The second-order valence-electron chi connectivity index (χ2n) is 6.29. The highest BCUT2D eigenvalue weighted by Crippen LogP contribution is 2.34. The van der Waals surface area contributed by atoms with Crippen LogP contribution in [0, 0.1) is 0 Å². The van der Waals surface area contributed by atoms with Gasteiger partial charge in [0.15, 0.2) is 11.5 Å². The van der Waals surface area contributed by atoms with Crippen molar-refractivity contribution in [2.45, 2.75) is 18.9 Å². The zero-order chi connectivity index (χ0) is 16.5. The molecule has 0 bridgehead atoms. The number of likely N-dealkylation sites (tertiary alicyclic amines) is 1. The summed E-state index contributed by atoms with van der Waals surface area (Å²) in [5.41, 5.74) is 2.00. The summed E-state index contributed by atoms with van der Waals surface area (Å²) in [4.78, 5) is 14.7. The van der Waals surface area contributed by atoms with E-state index in [1.807, 2.05) is 12.1 Å². The van der Waals surface area contributed by atoms with Crippen LogP contribution in [0.2, 0.25) is 0 Å². The molecule has 6 nitrogen and oxygen atoms in total. The van der Waals surface area contributed by atoms with Crippen LogP contribution in [0.5, 0.6) is 11.5 Å². The lowest BCUT2D eigenvalue weighted by Crippen LogP contribution is -2.33. The van der Waals surface area contributed by atoms with Crippen LogP contribution in [0.3, 0.4) is 0 Å². The molecule has 1 N–H and O–H groups in total. The molecule has 1 fully saturated rings. The summed E-state index contributed by atoms with van der Waals surface area (Å²) in [7, 11) is 2.05. The first-order valence-electron chi connectivity index (χ1n) is 8.25. The third-order valence-electron chi connectivity index (χ3n) is 4.69. The Morgan fingerprint density at radius 2 is 2.17 bits per heavy atom. The molecule has 1 aromatic carbocycles. The number of aromatic nitrogens is 1. The van der Waals surface area contributed by atoms with Crippen molar-refractivity contribution < 1.29 is 14.3 Å². The monoisotopic (exact) mass is 327 g/mol. The lowest BCUT2D eigenvalue weighted by Gasteiger charge is -2.24. The van der Waals surface area contributed by atoms with Gasteiger partial charge in [0.1, 0.15) is 0 Å². The highest BCUT2D eigenvalue weighted by atomic mass is 16.7. The van der Waals surface area contributed by atoms with E-state index in [4.69, 9.17) is 9.47 Å². The van der Waals surface area contributed by atoms with E-state index in [-0.39, 0.29) is 12.7 Å². The lowest BCUT2D eigenvalue weighted by atomic mass is 10.1. The number of amides is 1. The zero-order valence-electron chi connectivity index (χ0n) is 13.7. The molecule has 1 aromatic heterocycles. The maximum Gasteiger partial charge on any atom is 0.238 e. The van der Waals surface area contributed by atoms with Gasteiger partial charge in [-0.3, -0.25) is 9.69 Å². The van der Waals surface area contributed by atoms with E-state index < -0.39 is 0 Å². The number of aryl methyl sites for hydroxylation is 1. The third-order valence-corrected chi connectivity index (χ3v) is 4.69. The smallest absolute Gasteiger partial charge is 0.238 e. The SMILES string of the molecule is Cn1cccc1C1CCCN1CC(=O)Nc1ccc2c(c1)OCO2. The average Bonchev–Trinajstić information content (AvgIpc) is 3.27. The molecule has 0 saturated carbocycles. The number of ether oxygens (including phenoxy) is 2. The molecule has 6 heteroatoms. The summed E-state index contributed by atoms with van der Waals surface area (Å²) >= 11 is 0. The summed E-state index contributed by atoms with van der Waals surface area (Å²) in [6.45, 7) is 1.58. The van der Waals surface area contributed by atoms with Gasteiger partial charge in [-0.05, 0) is 43.7 Å². The number of carbonyl (C=O) groups is 1. The minimum absolute atomic E-state index is 0.00465. The lowest BCUT2D eigenvalue weighted by molar-refractivity contribution is -0.117. The maximum absolute atomic E-state index is 12.4. The Balaban J connectivity index is 1.41. The molecule has 2 aromatic rings. The Kier molecular flexibility index (Phi) is 3.90. The largest absolute Gasteiger partial charge is 0.454 e. The van der Waals surface area contributed by atoms with Gasteiger partial charge in [0.2, 0.25) is 12.7 Å². The first-order chi connectivity index (χ1) is 11.7. The van der Waals surface area contributed by atoms with Crippen LogP contribution in [0.4, 0.5) is 5.69 Å². The van der Waals surface area contributed by atoms with E-state index >= 15 is 0 Å². The molecule has 0 radical (unpaired) electrons. The van der Waals surface area contributed by atoms with Crippen molar-refractivity contribution in [2.75, 3.05) is 25.2 Å². The summed E-state index contributed by atoms with van der Waals surface area (Å²) in [5.74, 6) is 1.39. The van der Waals surface area contributed by atoms with Crippen molar-refractivity contribution in [3.8, 4) is 11.5 Å². The first-order valence-corrected chi connectivity index (χ1v) is 8.25. The van der Waals surface area contributed by atoms with Gasteiger partial charge in [0, 0.05) is 30.7 Å². The number of hydrogen-bond acceptors (Lipinski definition) is 4. The molecule has 3 heterocycles. The quantitative estimate of drug-likeness (QED) is 0.937. The molecule has 4 rings (SSSR count). The molecule has 24 heavy (non-hydrogen) atoms. The molecule has 2 aliphatic heterocycles. The predicted octanol–water partition coefficient (Wildman–Crippen LogP) is 2.53. The molecule has 0 spiro atoms. The van der Waals surface area contributed by atoms with Crippen LogP contribution in [0.25, 0.3) is 0 Å². The summed E-state index contributed by atoms with van der Waals surface area (Å²) in [6.07, 6.45) is 4.26. The Morgan fingerprint density at radius 3 is 3.00 bits per heavy atom. The van der Waals surface area contributed by atoms with Crippen molar-refractivity contribution in [1.29, 1.82) is 0 Å². The van der Waals surface area contributed by atoms with Gasteiger partial charge in [-0.15, -0.1) is 0 Å². The van der Waals surface area contributed by atoms with Gasteiger partial charge >= 0.3 is 0 Å². The van der Waals surface area contributed by atoms with Crippen LogP contribution in [0.1, 0.15) is 24.6 Å². The fraction of sp³-hybridized carbons (Fsp3) is 0.389. The first kappa shape index (κ1) is 15.1. The van der Waals surface area contributed by atoms with E-state index in [1.54, 1.807) is 6.07 Å². The van der Waals surface area contributed by atoms with E-state index in [2.05, 4.69) is 40.2 Å². The van der Waals surface area contributed by atoms with Gasteiger partial charge in [0.25, 0.3) is 0 Å². The van der Waals surface area contributed by atoms with Gasteiger partial charge in [0.05, 0.1) is 12.6 Å². The Morgan fingerprint density at radius 1 is 1.29 bits per heavy atom. The molecule has 126 valence electrons. The summed E-state index contributed by atoms with van der Waals surface area (Å²) in [5, 5.41) is 2.96. The predicted molar refractivity (Wildman–Crippen MR) is 90.2 cm³/mol. The molecule has 1 atom stereocenters. The van der Waals surface area contributed by atoms with Crippen molar-refractivity contribution in [1.82, 2.24) is 9.47 Å². The molecular formula is C18H21N3O3. The maximum atomic E-state index is 12.4. The van der Waals surface area contributed by atoms with Crippen LogP contribution in [-0.2, 0) is 11.8 Å². The molecule has 1 unspecified atom stereocenters. The van der Waals surface area contributed by atoms with Gasteiger partial charge in [-0.1, -0.05) is 0 Å². The fourth-order valence-corrected chi connectivity index (χ4v) is 3.53. The van der Waals surface area contributed by atoms with Crippen LogP contribution < -0.4 is 14.8 Å². The molecule has 2 aliphatic rings. The Labute approximate surface area is 141 Å². The molecular weight excluding hydrogens is 306 g/mol. The minimum atomic E-state index is -0.00465. The summed E-state index contributed by atoms with van der Waals surface area (Å²) < 4.78 is 12.8. The highest BCUT2D eigenvalue weighted by Gasteiger charge is 2.29. The van der Waals surface area contributed by atoms with Crippen molar-refractivity contribution in [3.63, 3.8) is 0 Å². The van der Waals surface area contributed by atoms with Crippen molar-refractivity contribution in [3.05, 3.63) is 42.2 Å². The van der Waals surface area contributed by atoms with Crippen LogP contribution in [0.15, 0.2) is 36.5 Å². The normalized spacial score (nSPS) is 19.6. The number of nitrogens with zero attached hydrogens (tertiary/aromatic N) is 2. The number of fused-ring (bicyclic) bond motifs is 1. The Bertz CT molecular complexity index is 756. The number of carbonyl (C=O) groups excluding carboxylic acids is 1. The number of anilines is 1. The van der Waals surface area contributed by atoms with E-state index in [9.17, 15) is 4.79 Å². The average molecular weight is 327 g/mol. The zero-order valence-corrected chi connectivity index (χ0v) is 13.7. The van der Waals surface area contributed by atoms with Crippen LogP contribution in [-0.4, -0.2) is 35.3 Å². The highest BCUT2D eigenvalue weighted by molar-refractivity contribution is 5.92. The van der Waals surface area contributed by atoms with E-state index in [0.717, 1.165) is 30.8 Å². The summed E-state index contributed by atoms with van der Waals surface area (Å²) in [6, 6.07) is 9.97. The van der Waals surface area contributed by atoms with Crippen molar-refractivity contribution in [2.24, 2.45) is 7.05 Å². The standard InChI is InChI=1S/C18H21N3O3/c1-20-8-2-4-14(20)15-5-3-9-21(15)11-18(22)19-13-6-7-16-17(10-13)24-12-23-16/h2,4,6-8,10,15H,3,5,9,11-12H2,1H3,(H,19,22). The van der Waals surface area contributed by atoms with Gasteiger partial charge < -0.3 is 19.4 Å². The van der Waals surface area contributed by atoms with Gasteiger partial charge in [-0.25, -0.2) is 0 Å². The molecule has 0 aliphatic carbocycles. The third kappa shape index (κ3) is 2.85. The topological polar surface area (TPSA) is 55.7 Å². The molecule has 1 amide bonds. The second-order valence-corrected chi connectivity index (χ2v) is 6.29. The van der Waals surface area contributed by atoms with Gasteiger partial charge in [-0.2, -0.15) is 0 Å². The number of rotatable bonds is 4. The van der Waals surface area contributed by atoms with E-state index in [0.29, 0.717) is 18.3 Å². The number of nitrogens with one attached hydrogen (secondary N) is 1. The van der Waals surface area contributed by atoms with Crippen molar-refractivity contribution >= 4 is 11.6 Å². The second kappa shape index (κ2) is 6.20. The van der Waals surface area contributed by atoms with Crippen LogP contribution >= 0.6 is 0 Å². The Hall–Kier alpha value is -2.47. The fourth-order valence-electron chi connectivity index (χ4n) is 3.53. The number of hydrogen-bond donors (Lipinski definition) is 1.